The molecule has 0 radical (unpaired) electrons. The third kappa shape index (κ3) is 3.22. The second-order valence-corrected chi connectivity index (χ2v) is 7.51. The van der Waals surface area contributed by atoms with Crippen LogP contribution in [0.3, 0.4) is 0 Å². The van der Waals surface area contributed by atoms with Crippen LogP contribution in [0.4, 0.5) is 19.0 Å². The fraction of sp³-hybridized carbons (Fsp3) is 0.556. The minimum atomic E-state index is -4.32. The van der Waals surface area contributed by atoms with Crippen LogP contribution >= 0.6 is 0 Å². The van der Waals surface area contributed by atoms with Gasteiger partial charge in [0.1, 0.15) is 24.2 Å². The Hall–Kier alpha value is -2.69. The molecule has 0 amide bonds. The maximum atomic E-state index is 12.9. The molecule has 5 heterocycles. The van der Waals surface area contributed by atoms with Crippen molar-refractivity contribution in [3.05, 3.63) is 35.3 Å². The van der Waals surface area contributed by atoms with E-state index in [-0.39, 0.29) is 5.92 Å². The van der Waals surface area contributed by atoms with Crippen molar-refractivity contribution in [2.45, 2.75) is 44.9 Å². The number of aryl methyl sites for hydroxylation is 1. The van der Waals surface area contributed by atoms with Gasteiger partial charge in [-0.05, 0) is 25.3 Å². The summed E-state index contributed by atoms with van der Waals surface area (Å²) in [7, 11) is 0. The molecule has 0 N–H and O–H groups in total. The smallest absolute Gasteiger partial charge is 0.381 e. The maximum absolute atomic E-state index is 12.9. The molecule has 29 heavy (non-hydrogen) atoms. The predicted molar refractivity (Wildman–Crippen MR) is 96.7 cm³/mol. The Morgan fingerprint density at radius 2 is 2.14 bits per heavy atom. The molecule has 0 saturated carbocycles. The number of hydrogen-bond acceptors (Lipinski definition) is 6. The fourth-order valence-corrected chi connectivity index (χ4v) is 4.20. The average molecular weight is 407 g/mol. The summed E-state index contributed by atoms with van der Waals surface area (Å²) in [6, 6.07) is 0. The highest BCUT2D eigenvalue weighted by Crippen LogP contribution is 2.34. The molecule has 1 atom stereocenters. The van der Waals surface area contributed by atoms with Crippen molar-refractivity contribution in [2.75, 3.05) is 24.7 Å². The second-order valence-electron chi connectivity index (χ2n) is 7.51. The highest BCUT2D eigenvalue weighted by molar-refractivity contribution is 5.73. The number of anilines is 1. The summed E-state index contributed by atoms with van der Waals surface area (Å²) in [4.78, 5) is 11.2. The third-order valence-electron chi connectivity index (χ3n) is 5.57. The molecule has 154 valence electrons. The van der Waals surface area contributed by atoms with Gasteiger partial charge in [-0.1, -0.05) is 0 Å². The van der Waals surface area contributed by atoms with Gasteiger partial charge in [-0.15, -0.1) is 0 Å². The van der Waals surface area contributed by atoms with Gasteiger partial charge in [0.2, 0.25) is 0 Å². The summed E-state index contributed by atoms with van der Waals surface area (Å²) >= 11 is 0. The summed E-state index contributed by atoms with van der Waals surface area (Å²) in [5.74, 6) is 1.61. The van der Waals surface area contributed by atoms with Crippen molar-refractivity contribution in [3.63, 3.8) is 0 Å². The molecule has 5 rings (SSSR count). The molecule has 3 aromatic heterocycles. The normalized spacial score (nSPS) is 19.9. The number of ether oxygens (including phenoxy) is 1. The molecule has 8 nitrogen and oxygen atoms in total. The quantitative estimate of drug-likeness (QED) is 0.663. The lowest BCUT2D eigenvalue weighted by molar-refractivity contribution is -0.143. The van der Waals surface area contributed by atoms with E-state index in [2.05, 4.69) is 15.2 Å². The van der Waals surface area contributed by atoms with E-state index in [0.29, 0.717) is 44.2 Å². The topological polar surface area (TPSA) is 73.4 Å². The van der Waals surface area contributed by atoms with Crippen molar-refractivity contribution >= 4 is 11.3 Å². The number of halogens is 3. The first-order valence-corrected chi connectivity index (χ1v) is 9.54. The first-order valence-electron chi connectivity index (χ1n) is 9.54. The van der Waals surface area contributed by atoms with Gasteiger partial charge in [-0.3, -0.25) is 4.68 Å². The van der Waals surface area contributed by atoms with Crippen molar-refractivity contribution in [1.29, 1.82) is 0 Å². The first-order chi connectivity index (χ1) is 13.9. The Labute approximate surface area is 164 Å². The lowest BCUT2D eigenvalue weighted by Gasteiger charge is -2.29. The van der Waals surface area contributed by atoms with E-state index >= 15 is 0 Å². The number of aromatic nitrogens is 6. The number of alkyl halides is 3. The molecule has 1 fully saturated rings. The Morgan fingerprint density at radius 1 is 1.28 bits per heavy atom. The van der Waals surface area contributed by atoms with Crippen molar-refractivity contribution in [2.24, 2.45) is 0 Å². The molecular formula is C18H20F3N7O. The molecule has 0 aromatic carbocycles. The number of fused-ring (bicyclic) bond motifs is 2. The zero-order valence-electron chi connectivity index (χ0n) is 15.9. The van der Waals surface area contributed by atoms with E-state index in [4.69, 9.17) is 9.72 Å². The Balaban J connectivity index is 1.55. The standard InChI is InChI=1S/C18H20F3N7O/c1-11-25-15(13-3-5-29-8-13)16-17(22-10-24-28(11)16)26-4-2-12-6-23-27(14(12)7-26)9-18(19,20)21/h6,10,13H,2-5,7-9H2,1H3/t13-/m1/s1. The van der Waals surface area contributed by atoms with E-state index in [1.807, 2.05) is 11.8 Å². The minimum Gasteiger partial charge on any atom is -0.381 e. The van der Waals surface area contributed by atoms with E-state index in [1.165, 1.54) is 12.5 Å². The van der Waals surface area contributed by atoms with Crippen LogP contribution in [0, 0.1) is 6.92 Å². The monoisotopic (exact) mass is 407 g/mol. The molecule has 0 spiro atoms. The van der Waals surface area contributed by atoms with E-state index in [0.717, 1.165) is 33.7 Å². The van der Waals surface area contributed by atoms with Crippen molar-refractivity contribution in [3.8, 4) is 0 Å². The minimum absolute atomic E-state index is 0.166. The van der Waals surface area contributed by atoms with Crippen molar-refractivity contribution in [1.82, 2.24) is 29.4 Å². The van der Waals surface area contributed by atoms with Gasteiger partial charge in [0.25, 0.3) is 0 Å². The van der Waals surface area contributed by atoms with E-state index < -0.39 is 12.7 Å². The molecule has 0 bridgehead atoms. The molecule has 2 aliphatic rings. The van der Waals surface area contributed by atoms with Crippen molar-refractivity contribution < 1.29 is 17.9 Å². The lowest BCUT2D eigenvalue weighted by Crippen LogP contribution is -2.33. The zero-order chi connectivity index (χ0) is 20.2. The van der Waals surface area contributed by atoms with E-state index in [1.54, 1.807) is 4.52 Å². The summed E-state index contributed by atoms with van der Waals surface area (Å²) in [6.07, 6.45) is 0.177. The molecular weight excluding hydrogens is 387 g/mol. The first kappa shape index (κ1) is 18.3. The summed E-state index contributed by atoms with van der Waals surface area (Å²) in [6.45, 7) is 3.03. The van der Waals surface area contributed by atoms with Crippen LogP contribution in [0.25, 0.3) is 5.52 Å². The highest BCUT2D eigenvalue weighted by atomic mass is 19.4. The Morgan fingerprint density at radius 3 is 2.90 bits per heavy atom. The SMILES string of the molecule is Cc1nc([C@@H]2CCOC2)c2c(N3CCc4cnn(CC(F)(F)F)c4C3)ncnn12. The molecule has 0 aliphatic carbocycles. The van der Waals surface area contributed by atoms with Gasteiger partial charge < -0.3 is 9.64 Å². The number of imidazole rings is 1. The molecule has 0 unspecified atom stereocenters. The van der Waals surface area contributed by atoms with Crippen LogP contribution in [0.1, 0.15) is 35.1 Å². The van der Waals surface area contributed by atoms with Gasteiger partial charge in [0.05, 0.1) is 30.7 Å². The molecule has 11 heteroatoms. The van der Waals surface area contributed by atoms with Crippen LogP contribution in [-0.2, 0) is 24.2 Å². The van der Waals surface area contributed by atoms with Crippen LogP contribution < -0.4 is 4.90 Å². The van der Waals surface area contributed by atoms with Gasteiger partial charge >= 0.3 is 6.18 Å². The van der Waals surface area contributed by atoms with Gasteiger partial charge in [-0.2, -0.15) is 23.4 Å². The second kappa shape index (κ2) is 6.68. The van der Waals surface area contributed by atoms with Crippen LogP contribution in [-0.4, -0.2) is 55.3 Å². The number of nitrogens with zero attached hydrogens (tertiary/aromatic N) is 7. The molecule has 1 saturated heterocycles. The predicted octanol–water partition coefficient (Wildman–Crippen LogP) is 2.26. The summed E-state index contributed by atoms with van der Waals surface area (Å²) in [5, 5.41) is 8.30. The molecule has 3 aromatic rings. The number of hydrogen-bond donors (Lipinski definition) is 0. The van der Waals surface area contributed by atoms with Crippen LogP contribution in [0.15, 0.2) is 12.5 Å². The largest absolute Gasteiger partial charge is 0.408 e. The summed E-state index contributed by atoms with van der Waals surface area (Å²) < 4.78 is 47.1. The highest BCUT2D eigenvalue weighted by Gasteiger charge is 2.33. The fourth-order valence-electron chi connectivity index (χ4n) is 4.20. The molecule has 2 aliphatic heterocycles. The lowest BCUT2D eigenvalue weighted by atomic mass is 10.0. The summed E-state index contributed by atoms with van der Waals surface area (Å²) in [5.41, 5.74) is 3.13. The zero-order valence-corrected chi connectivity index (χ0v) is 15.9. The number of rotatable bonds is 3. The van der Waals surface area contributed by atoms with E-state index in [9.17, 15) is 13.2 Å². The van der Waals surface area contributed by atoms with Gasteiger partial charge in [-0.25, -0.2) is 14.5 Å². The average Bonchev–Trinajstić information content (AvgIpc) is 3.40. The van der Waals surface area contributed by atoms with Crippen LogP contribution in [0.5, 0.6) is 0 Å². The maximum Gasteiger partial charge on any atom is 0.408 e. The van der Waals surface area contributed by atoms with Gasteiger partial charge in [0.15, 0.2) is 5.82 Å². The van der Waals surface area contributed by atoms with Crippen LogP contribution in [0.2, 0.25) is 0 Å². The van der Waals surface area contributed by atoms with Gasteiger partial charge in [0, 0.05) is 19.1 Å². The Bertz CT molecular complexity index is 1050. The Kier molecular flexibility index (Phi) is 4.23. The third-order valence-corrected chi connectivity index (χ3v) is 5.57.